The third-order valence-electron chi connectivity index (χ3n) is 2.99. The van der Waals surface area contributed by atoms with Gasteiger partial charge < -0.3 is 20.5 Å². The van der Waals surface area contributed by atoms with E-state index in [0.29, 0.717) is 19.6 Å². The summed E-state index contributed by atoms with van der Waals surface area (Å²) in [4.78, 5) is 13.7. The van der Waals surface area contributed by atoms with Crippen LogP contribution in [0.1, 0.15) is 26.7 Å². The third kappa shape index (κ3) is 3.43. The molecule has 1 heterocycles. The summed E-state index contributed by atoms with van der Waals surface area (Å²) in [6.07, 6.45) is 0.922. The second kappa shape index (κ2) is 6.18. The van der Waals surface area contributed by atoms with Gasteiger partial charge in [0.05, 0.1) is 25.4 Å². The van der Waals surface area contributed by atoms with Crippen molar-refractivity contribution in [1.29, 1.82) is 0 Å². The summed E-state index contributed by atoms with van der Waals surface area (Å²) >= 11 is 0. The van der Waals surface area contributed by atoms with Gasteiger partial charge in [-0.2, -0.15) is 0 Å². The van der Waals surface area contributed by atoms with Gasteiger partial charge in [0.25, 0.3) is 0 Å². The van der Waals surface area contributed by atoms with Gasteiger partial charge in [-0.25, -0.2) is 0 Å². The van der Waals surface area contributed by atoms with E-state index in [1.54, 1.807) is 4.90 Å². The minimum Gasteiger partial charge on any atom is -0.394 e. The van der Waals surface area contributed by atoms with E-state index in [1.807, 2.05) is 13.8 Å². The maximum Gasteiger partial charge on any atom is 0.224 e. The fourth-order valence-corrected chi connectivity index (χ4v) is 1.76. The molecule has 5 nitrogen and oxygen atoms in total. The van der Waals surface area contributed by atoms with Crippen molar-refractivity contribution in [1.82, 2.24) is 4.90 Å². The lowest BCUT2D eigenvalue weighted by Gasteiger charge is -2.37. The van der Waals surface area contributed by atoms with Crippen LogP contribution in [0.3, 0.4) is 0 Å². The lowest BCUT2D eigenvalue weighted by molar-refractivity contribution is -0.146. The molecule has 0 spiro atoms. The number of hydrogen-bond acceptors (Lipinski definition) is 4. The molecule has 0 bridgehead atoms. The predicted molar refractivity (Wildman–Crippen MR) is 60.9 cm³/mol. The number of aliphatic hydroxyl groups excluding tert-OH is 1. The van der Waals surface area contributed by atoms with E-state index >= 15 is 0 Å². The van der Waals surface area contributed by atoms with Crippen LogP contribution in [-0.2, 0) is 9.53 Å². The smallest absolute Gasteiger partial charge is 0.224 e. The third-order valence-corrected chi connectivity index (χ3v) is 2.99. The van der Waals surface area contributed by atoms with Gasteiger partial charge in [-0.3, -0.25) is 4.79 Å². The number of carbonyl (C=O) groups excluding carboxylic acids is 1. The van der Waals surface area contributed by atoms with E-state index in [4.69, 9.17) is 15.6 Å². The molecule has 3 N–H and O–H groups in total. The molecule has 1 aliphatic heterocycles. The number of morpholine rings is 1. The molecule has 0 radical (unpaired) electrons. The van der Waals surface area contributed by atoms with Crippen LogP contribution in [-0.4, -0.2) is 53.9 Å². The molecule has 3 unspecified atom stereocenters. The van der Waals surface area contributed by atoms with Crippen molar-refractivity contribution in [2.45, 2.75) is 44.9 Å². The van der Waals surface area contributed by atoms with Crippen molar-refractivity contribution < 1.29 is 14.6 Å². The fraction of sp³-hybridized carbons (Fsp3) is 0.909. The Morgan fingerprint density at radius 1 is 1.69 bits per heavy atom. The van der Waals surface area contributed by atoms with Crippen molar-refractivity contribution in [3.63, 3.8) is 0 Å². The lowest BCUT2D eigenvalue weighted by Crippen LogP contribution is -2.52. The zero-order chi connectivity index (χ0) is 12.1. The maximum absolute atomic E-state index is 11.9. The van der Waals surface area contributed by atoms with Gasteiger partial charge in [-0.15, -0.1) is 0 Å². The van der Waals surface area contributed by atoms with Gasteiger partial charge in [0.15, 0.2) is 0 Å². The van der Waals surface area contributed by atoms with Crippen LogP contribution in [0.4, 0.5) is 0 Å². The average Bonchev–Trinajstić information content (AvgIpc) is 2.29. The number of rotatable bonds is 4. The van der Waals surface area contributed by atoms with E-state index in [-0.39, 0.29) is 30.7 Å². The summed E-state index contributed by atoms with van der Waals surface area (Å²) in [6.45, 7) is 4.82. The fourth-order valence-electron chi connectivity index (χ4n) is 1.76. The molecule has 1 saturated heterocycles. The van der Waals surface area contributed by atoms with Crippen LogP contribution in [0.2, 0.25) is 0 Å². The largest absolute Gasteiger partial charge is 0.394 e. The Hall–Kier alpha value is -0.650. The van der Waals surface area contributed by atoms with Crippen LogP contribution >= 0.6 is 0 Å². The summed E-state index contributed by atoms with van der Waals surface area (Å²) in [6, 6.07) is -0.00511. The standard InChI is InChI=1S/C11H22N2O3/c1-3-9(12)4-11(15)13-5-10(6-14)16-7-8(13)2/h8-10,14H,3-7,12H2,1-2H3. The van der Waals surface area contributed by atoms with Gasteiger partial charge in [-0.05, 0) is 13.3 Å². The normalized spacial score (nSPS) is 27.9. The molecule has 1 amide bonds. The van der Waals surface area contributed by atoms with Crippen LogP contribution in [0, 0.1) is 0 Å². The minimum atomic E-state index is -0.252. The first-order valence-electron chi connectivity index (χ1n) is 5.86. The first-order valence-corrected chi connectivity index (χ1v) is 5.86. The topological polar surface area (TPSA) is 75.8 Å². The molecule has 5 heteroatoms. The summed E-state index contributed by atoms with van der Waals surface area (Å²) < 4.78 is 5.38. The van der Waals surface area contributed by atoms with Crippen LogP contribution in [0.5, 0.6) is 0 Å². The van der Waals surface area contributed by atoms with E-state index in [0.717, 1.165) is 6.42 Å². The molecule has 94 valence electrons. The van der Waals surface area contributed by atoms with Crippen molar-refractivity contribution in [2.75, 3.05) is 19.8 Å². The van der Waals surface area contributed by atoms with Crippen molar-refractivity contribution in [3.05, 3.63) is 0 Å². The highest BCUT2D eigenvalue weighted by molar-refractivity contribution is 5.77. The molecule has 0 saturated carbocycles. The van der Waals surface area contributed by atoms with Gasteiger partial charge in [-0.1, -0.05) is 6.92 Å². The maximum atomic E-state index is 11.9. The molecule has 1 fully saturated rings. The molecule has 0 aromatic rings. The van der Waals surface area contributed by atoms with Crippen LogP contribution in [0.15, 0.2) is 0 Å². The van der Waals surface area contributed by atoms with Crippen LogP contribution in [0.25, 0.3) is 0 Å². The van der Waals surface area contributed by atoms with Gasteiger partial charge in [0.1, 0.15) is 0 Å². The molecule has 0 aliphatic carbocycles. The predicted octanol–water partition coefficient (Wildman–Crippen LogP) is -0.278. The number of amides is 1. The van der Waals surface area contributed by atoms with Gasteiger partial charge in [0, 0.05) is 19.0 Å². The summed E-state index contributed by atoms with van der Waals surface area (Å²) in [5.74, 6) is 0.0589. The minimum absolute atomic E-state index is 0.0453. The van der Waals surface area contributed by atoms with E-state index in [9.17, 15) is 4.79 Å². The highest BCUT2D eigenvalue weighted by Crippen LogP contribution is 2.13. The molecule has 0 aromatic heterocycles. The molecular weight excluding hydrogens is 208 g/mol. The first-order chi connectivity index (χ1) is 7.58. The van der Waals surface area contributed by atoms with Crippen molar-refractivity contribution >= 4 is 5.91 Å². The number of ether oxygens (including phenoxy) is 1. The van der Waals surface area contributed by atoms with E-state index in [2.05, 4.69) is 0 Å². The Bertz CT molecular complexity index is 235. The monoisotopic (exact) mass is 230 g/mol. The highest BCUT2D eigenvalue weighted by atomic mass is 16.5. The highest BCUT2D eigenvalue weighted by Gasteiger charge is 2.29. The summed E-state index contributed by atoms with van der Waals surface area (Å²) in [5, 5.41) is 9.02. The Kier molecular flexibility index (Phi) is 5.18. The molecule has 16 heavy (non-hydrogen) atoms. The SMILES string of the molecule is CCC(N)CC(=O)N1CC(CO)OCC1C. The quantitative estimate of drug-likeness (QED) is 0.696. The van der Waals surface area contributed by atoms with E-state index < -0.39 is 0 Å². The zero-order valence-corrected chi connectivity index (χ0v) is 10.1. The van der Waals surface area contributed by atoms with Crippen LogP contribution < -0.4 is 5.73 Å². The zero-order valence-electron chi connectivity index (χ0n) is 10.1. The Morgan fingerprint density at radius 2 is 2.38 bits per heavy atom. The second-order valence-corrected chi connectivity index (χ2v) is 4.41. The molecule has 0 aromatic carbocycles. The molecule has 1 aliphatic rings. The molecular formula is C11H22N2O3. The Labute approximate surface area is 96.6 Å². The average molecular weight is 230 g/mol. The molecule has 1 rings (SSSR count). The second-order valence-electron chi connectivity index (χ2n) is 4.41. The first kappa shape index (κ1) is 13.4. The van der Waals surface area contributed by atoms with Crippen molar-refractivity contribution in [2.24, 2.45) is 5.73 Å². The van der Waals surface area contributed by atoms with Gasteiger partial charge >= 0.3 is 0 Å². The van der Waals surface area contributed by atoms with Gasteiger partial charge in [0.2, 0.25) is 5.91 Å². The number of carbonyl (C=O) groups is 1. The van der Waals surface area contributed by atoms with Crippen molar-refractivity contribution in [3.8, 4) is 0 Å². The summed E-state index contributed by atoms with van der Waals surface area (Å²) in [7, 11) is 0. The summed E-state index contributed by atoms with van der Waals surface area (Å²) in [5.41, 5.74) is 5.77. The molecule has 3 atom stereocenters. The Morgan fingerprint density at radius 3 is 2.94 bits per heavy atom. The number of nitrogens with two attached hydrogens (primary N) is 1. The van der Waals surface area contributed by atoms with E-state index in [1.165, 1.54) is 0 Å². The lowest BCUT2D eigenvalue weighted by atomic mass is 10.1. The number of hydrogen-bond donors (Lipinski definition) is 2. The Balaban J connectivity index is 2.51. The number of nitrogens with zero attached hydrogens (tertiary/aromatic N) is 1. The number of aliphatic hydroxyl groups is 1.